The van der Waals surface area contributed by atoms with Crippen LogP contribution < -0.4 is 4.74 Å². The predicted octanol–water partition coefficient (Wildman–Crippen LogP) is 6.87. The quantitative estimate of drug-likeness (QED) is 0.267. The van der Waals surface area contributed by atoms with Crippen molar-refractivity contribution < 1.29 is 9.84 Å². The first-order valence-electron chi connectivity index (χ1n) is 11.7. The van der Waals surface area contributed by atoms with E-state index in [-0.39, 0.29) is 5.75 Å². The average molecular weight is 430 g/mol. The summed E-state index contributed by atoms with van der Waals surface area (Å²) < 4.78 is 6.12. The molecule has 3 heteroatoms. The lowest BCUT2D eigenvalue weighted by molar-refractivity contribution is 0.249. The fraction of sp³-hybridized carbons (Fsp3) is 0.310. The van der Waals surface area contributed by atoms with Crippen LogP contribution in [0.1, 0.15) is 50.3 Å². The summed E-state index contributed by atoms with van der Waals surface area (Å²) in [5.41, 5.74) is 5.87. The molecule has 0 fully saturated rings. The van der Waals surface area contributed by atoms with Crippen molar-refractivity contribution in [1.29, 1.82) is 0 Å². The van der Waals surface area contributed by atoms with E-state index in [2.05, 4.69) is 68.1 Å². The van der Waals surface area contributed by atoms with Crippen LogP contribution in [0.3, 0.4) is 0 Å². The van der Waals surface area contributed by atoms with Crippen LogP contribution in [0.5, 0.6) is 11.5 Å². The highest BCUT2D eigenvalue weighted by Crippen LogP contribution is 2.36. The molecule has 0 aliphatic heterocycles. The van der Waals surface area contributed by atoms with Crippen molar-refractivity contribution >= 4 is 11.1 Å². The number of aromatic hydroxyl groups is 1. The summed E-state index contributed by atoms with van der Waals surface area (Å²) in [5.74, 6) is 1.16. The molecule has 3 aromatic rings. The predicted molar refractivity (Wildman–Crippen MR) is 135 cm³/mol. The first-order chi connectivity index (χ1) is 15.7. The number of benzene rings is 3. The normalized spacial score (nSPS) is 12.0. The van der Waals surface area contributed by atoms with E-state index >= 15 is 0 Å². The molecule has 168 valence electrons. The SMILES string of the molecule is CC/C(=C(\c1ccc(O)cc1)c1cccc(OCCCN(CC)CC)c1)c1ccccc1. The Morgan fingerprint density at radius 2 is 1.47 bits per heavy atom. The second-order valence-electron chi connectivity index (χ2n) is 7.88. The highest BCUT2D eigenvalue weighted by Gasteiger charge is 2.14. The van der Waals surface area contributed by atoms with Gasteiger partial charge in [0.05, 0.1) is 6.61 Å². The van der Waals surface area contributed by atoms with Crippen LogP contribution in [0.25, 0.3) is 11.1 Å². The zero-order chi connectivity index (χ0) is 22.8. The van der Waals surface area contributed by atoms with Gasteiger partial charge < -0.3 is 14.7 Å². The van der Waals surface area contributed by atoms with Gasteiger partial charge in [-0.25, -0.2) is 0 Å². The number of hydrogen-bond donors (Lipinski definition) is 1. The summed E-state index contributed by atoms with van der Waals surface area (Å²) in [4.78, 5) is 2.42. The van der Waals surface area contributed by atoms with Crippen LogP contribution in [0, 0.1) is 0 Å². The van der Waals surface area contributed by atoms with E-state index < -0.39 is 0 Å². The topological polar surface area (TPSA) is 32.7 Å². The Labute approximate surface area is 193 Å². The van der Waals surface area contributed by atoms with E-state index in [1.54, 1.807) is 12.1 Å². The van der Waals surface area contributed by atoms with Crippen LogP contribution in [-0.2, 0) is 0 Å². The van der Waals surface area contributed by atoms with Crippen LogP contribution >= 0.6 is 0 Å². The van der Waals surface area contributed by atoms with E-state index in [4.69, 9.17) is 4.74 Å². The van der Waals surface area contributed by atoms with Gasteiger partial charge in [0.1, 0.15) is 11.5 Å². The maximum atomic E-state index is 9.82. The molecular formula is C29H35NO2. The zero-order valence-electron chi connectivity index (χ0n) is 19.6. The summed E-state index contributed by atoms with van der Waals surface area (Å²) in [6, 6.07) is 26.4. The first kappa shape index (κ1) is 23.6. The zero-order valence-corrected chi connectivity index (χ0v) is 19.6. The summed E-state index contributed by atoms with van der Waals surface area (Å²) >= 11 is 0. The van der Waals surface area contributed by atoms with Crippen LogP contribution in [0.15, 0.2) is 78.9 Å². The Morgan fingerprint density at radius 3 is 2.12 bits per heavy atom. The molecule has 0 aliphatic rings. The number of phenols is 1. The van der Waals surface area contributed by atoms with Gasteiger partial charge in [-0.1, -0.05) is 75.4 Å². The highest BCUT2D eigenvalue weighted by atomic mass is 16.5. The molecule has 0 aliphatic carbocycles. The molecule has 0 saturated carbocycles. The maximum Gasteiger partial charge on any atom is 0.119 e. The molecule has 0 unspecified atom stereocenters. The second kappa shape index (κ2) is 12.1. The molecule has 32 heavy (non-hydrogen) atoms. The monoisotopic (exact) mass is 429 g/mol. The van der Waals surface area contributed by atoms with Crippen molar-refractivity contribution in [3.63, 3.8) is 0 Å². The number of rotatable bonds is 11. The van der Waals surface area contributed by atoms with Gasteiger partial charge in [0.15, 0.2) is 0 Å². The minimum absolute atomic E-state index is 0.274. The van der Waals surface area contributed by atoms with Gasteiger partial charge in [-0.2, -0.15) is 0 Å². The Kier molecular flexibility index (Phi) is 8.94. The van der Waals surface area contributed by atoms with Gasteiger partial charge in [-0.05, 0) is 78.0 Å². The Balaban J connectivity index is 1.93. The molecule has 0 aromatic heterocycles. The number of phenolic OH excluding ortho intramolecular Hbond substituents is 1. The summed E-state index contributed by atoms with van der Waals surface area (Å²) in [6.45, 7) is 10.5. The van der Waals surface area contributed by atoms with Gasteiger partial charge in [-0.15, -0.1) is 0 Å². The lowest BCUT2D eigenvalue weighted by Gasteiger charge is -2.19. The molecule has 0 spiro atoms. The molecule has 0 heterocycles. The highest BCUT2D eigenvalue weighted by molar-refractivity contribution is 5.98. The van der Waals surface area contributed by atoms with Gasteiger partial charge >= 0.3 is 0 Å². The fourth-order valence-corrected chi connectivity index (χ4v) is 4.07. The van der Waals surface area contributed by atoms with Crippen molar-refractivity contribution in [2.24, 2.45) is 0 Å². The van der Waals surface area contributed by atoms with Gasteiger partial charge in [0.2, 0.25) is 0 Å². The van der Waals surface area contributed by atoms with Crippen molar-refractivity contribution in [2.75, 3.05) is 26.2 Å². The Hall–Kier alpha value is -3.04. The number of ether oxygens (including phenoxy) is 1. The number of allylic oxidation sites excluding steroid dienone is 1. The molecule has 3 aromatic carbocycles. The molecule has 0 radical (unpaired) electrons. The van der Waals surface area contributed by atoms with Gasteiger partial charge in [-0.3, -0.25) is 0 Å². The maximum absolute atomic E-state index is 9.82. The van der Waals surface area contributed by atoms with Gasteiger partial charge in [0.25, 0.3) is 0 Å². The smallest absolute Gasteiger partial charge is 0.119 e. The summed E-state index contributed by atoms with van der Waals surface area (Å²) in [5, 5.41) is 9.82. The first-order valence-corrected chi connectivity index (χ1v) is 11.7. The largest absolute Gasteiger partial charge is 0.508 e. The van der Waals surface area contributed by atoms with Crippen molar-refractivity contribution in [3.8, 4) is 11.5 Å². The minimum Gasteiger partial charge on any atom is -0.508 e. The Bertz CT molecular complexity index is 989. The van der Waals surface area contributed by atoms with Crippen molar-refractivity contribution in [1.82, 2.24) is 4.90 Å². The molecule has 0 saturated heterocycles. The Morgan fingerprint density at radius 1 is 0.781 bits per heavy atom. The molecule has 0 atom stereocenters. The van der Waals surface area contributed by atoms with Crippen LogP contribution in [0.4, 0.5) is 0 Å². The summed E-state index contributed by atoms with van der Waals surface area (Å²) in [7, 11) is 0. The third-order valence-electron chi connectivity index (χ3n) is 5.84. The van der Waals surface area contributed by atoms with Crippen molar-refractivity contribution in [3.05, 3.63) is 95.6 Å². The van der Waals surface area contributed by atoms with Crippen LogP contribution in [0.2, 0.25) is 0 Å². The second-order valence-corrected chi connectivity index (χ2v) is 7.88. The number of hydrogen-bond acceptors (Lipinski definition) is 3. The third kappa shape index (κ3) is 6.24. The van der Waals surface area contributed by atoms with E-state index in [0.29, 0.717) is 6.61 Å². The summed E-state index contributed by atoms with van der Waals surface area (Å²) in [6.07, 6.45) is 1.91. The lowest BCUT2D eigenvalue weighted by Crippen LogP contribution is -2.25. The van der Waals surface area contributed by atoms with E-state index in [0.717, 1.165) is 49.4 Å². The lowest BCUT2D eigenvalue weighted by atomic mass is 9.88. The molecular weight excluding hydrogens is 394 g/mol. The fourth-order valence-electron chi connectivity index (χ4n) is 4.07. The molecule has 3 nitrogen and oxygen atoms in total. The van der Waals surface area contributed by atoms with E-state index in [9.17, 15) is 5.11 Å². The minimum atomic E-state index is 0.274. The third-order valence-corrected chi connectivity index (χ3v) is 5.84. The van der Waals surface area contributed by atoms with Crippen LogP contribution in [-0.4, -0.2) is 36.2 Å². The number of nitrogens with zero attached hydrogens (tertiary/aromatic N) is 1. The standard InChI is InChI=1S/C29H35NO2/c1-4-28(23-12-8-7-9-13-23)29(24-16-18-26(31)19-17-24)25-14-10-15-27(22-25)32-21-11-20-30(5-2)6-3/h7-10,12-19,22,31H,4-6,11,20-21H2,1-3H3/b29-28-. The molecule has 0 amide bonds. The molecule has 3 rings (SSSR count). The van der Waals surface area contributed by atoms with Gasteiger partial charge in [0, 0.05) is 6.54 Å². The molecule has 0 bridgehead atoms. The molecule has 1 N–H and O–H groups in total. The van der Waals surface area contributed by atoms with E-state index in [1.807, 2.05) is 24.3 Å². The average Bonchev–Trinajstić information content (AvgIpc) is 2.84. The van der Waals surface area contributed by atoms with Crippen molar-refractivity contribution in [2.45, 2.75) is 33.6 Å². The van der Waals surface area contributed by atoms with E-state index in [1.165, 1.54) is 16.7 Å².